The number of rotatable bonds is 6. The first-order valence-corrected chi connectivity index (χ1v) is 8.23. The third kappa shape index (κ3) is 3.92. The first kappa shape index (κ1) is 16.2. The molecule has 0 spiro atoms. The van der Waals surface area contributed by atoms with Gasteiger partial charge in [0.25, 0.3) is 0 Å². The molecule has 2 aromatic rings. The van der Waals surface area contributed by atoms with E-state index in [2.05, 4.69) is 4.72 Å². The fourth-order valence-corrected chi connectivity index (χ4v) is 3.33. The minimum atomic E-state index is -3.73. The molecule has 0 saturated heterocycles. The lowest BCUT2D eigenvalue weighted by atomic mass is 10.1. The number of aliphatic hydroxyl groups is 1. The summed E-state index contributed by atoms with van der Waals surface area (Å²) in [6, 6.07) is 16.2. The molecule has 0 aromatic heterocycles. The van der Waals surface area contributed by atoms with Crippen molar-refractivity contribution in [3.63, 3.8) is 0 Å². The minimum absolute atomic E-state index is 0.0883. The van der Waals surface area contributed by atoms with Crippen LogP contribution in [0.15, 0.2) is 59.5 Å². The molecule has 0 heterocycles. The van der Waals surface area contributed by atoms with Gasteiger partial charge in [0.1, 0.15) is 0 Å². The molecule has 2 rings (SSSR count). The van der Waals surface area contributed by atoms with E-state index in [-0.39, 0.29) is 17.9 Å². The van der Waals surface area contributed by atoms with Crippen LogP contribution < -0.4 is 4.72 Å². The van der Waals surface area contributed by atoms with Gasteiger partial charge in [0.05, 0.1) is 16.5 Å². The Morgan fingerprint density at radius 2 is 1.73 bits per heavy atom. The molecule has 0 fully saturated rings. The second-order valence-electron chi connectivity index (χ2n) is 4.73. The van der Waals surface area contributed by atoms with Crippen LogP contribution in [-0.4, -0.2) is 20.1 Å². The molecule has 2 aromatic carbocycles. The highest BCUT2D eigenvalue weighted by molar-refractivity contribution is 7.89. The van der Waals surface area contributed by atoms with Gasteiger partial charge >= 0.3 is 0 Å². The Balaban J connectivity index is 2.26. The smallest absolute Gasteiger partial charge is 0.241 e. The Hall–Kier alpha value is -2.20. The lowest BCUT2D eigenvalue weighted by molar-refractivity contribution is 0.272. The average Bonchev–Trinajstić information content (AvgIpc) is 2.55. The maximum atomic E-state index is 12.4. The van der Waals surface area contributed by atoms with E-state index in [1.165, 1.54) is 24.3 Å². The van der Waals surface area contributed by atoms with E-state index in [1.54, 1.807) is 0 Å². The summed E-state index contributed by atoms with van der Waals surface area (Å²) in [5.74, 6) is 0. The van der Waals surface area contributed by atoms with Crippen LogP contribution in [0.5, 0.6) is 0 Å². The van der Waals surface area contributed by atoms with Gasteiger partial charge in [-0.3, -0.25) is 0 Å². The van der Waals surface area contributed by atoms with Gasteiger partial charge in [-0.15, -0.1) is 0 Å². The summed E-state index contributed by atoms with van der Waals surface area (Å²) in [5.41, 5.74) is 1.18. The molecule has 0 saturated carbocycles. The Morgan fingerprint density at radius 3 is 2.27 bits per heavy atom. The maximum Gasteiger partial charge on any atom is 0.241 e. The third-order valence-electron chi connectivity index (χ3n) is 3.21. The van der Waals surface area contributed by atoms with Crippen LogP contribution in [0.2, 0.25) is 0 Å². The van der Waals surface area contributed by atoms with E-state index >= 15 is 0 Å². The lowest BCUT2D eigenvalue weighted by Crippen LogP contribution is -2.29. The Morgan fingerprint density at radius 1 is 1.09 bits per heavy atom. The molecule has 2 N–H and O–H groups in total. The van der Waals surface area contributed by atoms with Crippen molar-refractivity contribution < 1.29 is 13.5 Å². The molecule has 0 aliphatic heterocycles. The van der Waals surface area contributed by atoms with Crippen molar-refractivity contribution in [3.8, 4) is 6.07 Å². The number of sulfonamides is 1. The van der Waals surface area contributed by atoms with Crippen molar-refractivity contribution in [2.45, 2.75) is 17.4 Å². The van der Waals surface area contributed by atoms with Crippen LogP contribution in [-0.2, 0) is 10.0 Å². The summed E-state index contributed by atoms with van der Waals surface area (Å²) >= 11 is 0. The van der Waals surface area contributed by atoms with Gasteiger partial charge < -0.3 is 5.11 Å². The maximum absolute atomic E-state index is 12.4. The highest BCUT2D eigenvalue weighted by atomic mass is 32.2. The number of aliphatic hydroxyl groups excluding tert-OH is 1. The zero-order valence-electron chi connectivity index (χ0n) is 11.8. The highest BCUT2D eigenvalue weighted by Crippen LogP contribution is 2.20. The highest BCUT2D eigenvalue weighted by Gasteiger charge is 2.21. The molecule has 22 heavy (non-hydrogen) atoms. The number of benzene rings is 2. The van der Waals surface area contributed by atoms with Crippen molar-refractivity contribution in [2.75, 3.05) is 6.61 Å². The standard InChI is InChI=1S/C16H16N2O3S/c17-12-13-6-8-15(9-7-13)22(20,21)18-16(10-11-19)14-4-2-1-3-5-14/h1-9,16,18-19H,10-11H2/t16-/m1/s1. The molecule has 5 nitrogen and oxygen atoms in total. The Bertz CT molecular complexity index is 750. The molecule has 0 aliphatic rings. The average molecular weight is 316 g/mol. The van der Waals surface area contributed by atoms with E-state index in [9.17, 15) is 8.42 Å². The van der Waals surface area contributed by atoms with Crippen LogP contribution in [0.25, 0.3) is 0 Å². The van der Waals surface area contributed by atoms with Gasteiger partial charge in [-0.25, -0.2) is 13.1 Å². The molecule has 0 aliphatic carbocycles. The van der Waals surface area contributed by atoms with E-state index < -0.39 is 16.1 Å². The van der Waals surface area contributed by atoms with Gasteiger partial charge in [-0.1, -0.05) is 30.3 Å². The van der Waals surface area contributed by atoms with Crippen LogP contribution >= 0.6 is 0 Å². The molecule has 6 heteroatoms. The summed E-state index contributed by atoms with van der Waals surface area (Å²) in [4.78, 5) is 0.0883. The predicted octanol–water partition coefficient (Wildman–Crippen LogP) is 1.96. The Labute approximate surface area is 129 Å². The van der Waals surface area contributed by atoms with Gasteiger partial charge in [-0.05, 0) is 36.2 Å². The van der Waals surface area contributed by atoms with Crippen LogP contribution in [0.4, 0.5) is 0 Å². The molecule has 0 amide bonds. The summed E-state index contributed by atoms with van der Waals surface area (Å²) in [6.07, 6.45) is 0.277. The predicted molar refractivity (Wildman–Crippen MR) is 82.4 cm³/mol. The largest absolute Gasteiger partial charge is 0.396 e. The molecular formula is C16H16N2O3S. The first-order chi connectivity index (χ1) is 10.6. The van der Waals surface area contributed by atoms with E-state index in [0.29, 0.717) is 5.56 Å². The monoisotopic (exact) mass is 316 g/mol. The van der Waals surface area contributed by atoms with Crippen LogP contribution in [0.3, 0.4) is 0 Å². The zero-order valence-corrected chi connectivity index (χ0v) is 12.6. The zero-order chi connectivity index (χ0) is 16.0. The topological polar surface area (TPSA) is 90.2 Å². The quantitative estimate of drug-likeness (QED) is 0.852. The van der Waals surface area contributed by atoms with E-state index in [4.69, 9.17) is 10.4 Å². The summed E-state index contributed by atoms with van der Waals surface area (Å²) in [6.45, 7) is -0.130. The normalized spacial score (nSPS) is 12.5. The summed E-state index contributed by atoms with van der Waals surface area (Å²) in [5, 5.41) is 17.9. The van der Waals surface area contributed by atoms with Gasteiger partial charge in [0.15, 0.2) is 0 Å². The first-order valence-electron chi connectivity index (χ1n) is 6.75. The summed E-state index contributed by atoms with van der Waals surface area (Å²) in [7, 11) is -3.73. The van der Waals surface area contributed by atoms with Crippen molar-refractivity contribution in [2.24, 2.45) is 0 Å². The van der Waals surface area contributed by atoms with Crippen molar-refractivity contribution >= 4 is 10.0 Å². The van der Waals surface area contributed by atoms with Gasteiger partial charge in [0, 0.05) is 12.6 Å². The van der Waals surface area contributed by atoms with Gasteiger partial charge in [-0.2, -0.15) is 5.26 Å². The number of nitrogens with zero attached hydrogens (tertiary/aromatic N) is 1. The molecule has 0 radical (unpaired) electrons. The second kappa shape index (κ2) is 7.18. The lowest BCUT2D eigenvalue weighted by Gasteiger charge is -2.18. The molecular weight excluding hydrogens is 300 g/mol. The van der Waals surface area contributed by atoms with Crippen LogP contribution in [0.1, 0.15) is 23.6 Å². The third-order valence-corrected chi connectivity index (χ3v) is 4.70. The van der Waals surface area contributed by atoms with Crippen molar-refractivity contribution in [1.82, 2.24) is 4.72 Å². The minimum Gasteiger partial charge on any atom is -0.396 e. The van der Waals surface area contributed by atoms with E-state index in [0.717, 1.165) is 5.56 Å². The second-order valence-corrected chi connectivity index (χ2v) is 6.45. The van der Waals surface area contributed by atoms with Crippen molar-refractivity contribution in [1.29, 1.82) is 5.26 Å². The van der Waals surface area contributed by atoms with E-state index in [1.807, 2.05) is 36.4 Å². The van der Waals surface area contributed by atoms with Gasteiger partial charge in [0.2, 0.25) is 10.0 Å². The summed E-state index contributed by atoms with van der Waals surface area (Å²) < 4.78 is 27.4. The fourth-order valence-electron chi connectivity index (χ4n) is 2.07. The molecule has 1 atom stereocenters. The molecule has 0 bridgehead atoms. The molecule has 0 unspecified atom stereocenters. The Kier molecular flexibility index (Phi) is 5.28. The number of hydrogen-bond donors (Lipinski definition) is 2. The molecule has 114 valence electrons. The van der Waals surface area contributed by atoms with Crippen LogP contribution in [0, 0.1) is 11.3 Å². The number of nitrogens with one attached hydrogen (secondary N) is 1. The number of nitriles is 1. The SMILES string of the molecule is N#Cc1ccc(S(=O)(=O)N[C@H](CCO)c2ccccc2)cc1. The fraction of sp³-hybridized carbons (Fsp3) is 0.188. The van der Waals surface area contributed by atoms with Crippen molar-refractivity contribution in [3.05, 3.63) is 65.7 Å². The number of hydrogen-bond acceptors (Lipinski definition) is 4.